The molecule has 20 heavy (non-hydrogen) atoms. The summed E-state index contributed by atoms with van der Waals surface area (Å²) in [4.78, 5) is 11.4. The lowest BCUT2D eigenvalue weighted by Crippen LogP contribution is -2.20. The maximum atomic E-state index is 11.4. The molecule has 0 amide bonds. The quantitative estimate of drug-likeness (QED) is 0.874. The molecule has 2 aromatic rings. The van der Waals surface area contributed by atoms with E-state index in [4.69, 9.17) is 4.74 Å². The molecule has 1 atom stereocenters. The highest BCUT2D eigenvalue weighted by Gasteiger charge is 2.19. The zero-order chi connectivity index (χ0) is 14.5. The van der Waals surface area contributed by atoms with Gasteiger partial charge in [0.25, 0.3) is 0 Å². The first-order chi connectivity index (χ1) is 9.61. The van der Waals surface area contributed by atoms with Crippen LogP contribution in [0.15, 0.2) is 53.0 Å². The number of rotatable bonds is 5. The summed E-state index contributed by atoms with van der Waals surface area (Å²) in [6, 6.07) is 13.6. The lowest BCUT2D eigenvalue weighted by molar-refractivity contribution is -0.138. The standard InChI is InChI=1S/C15H14BrNO3/c1-20-13-9-11(7-8-12(13)16)17-14(15(18)19)10-5-3-2-4-6-10/h2-9,14,17H,1H3,(H,18,19). The van der Waals surface area contributed by atoms with E-state index in [1.807, 2.05) is 24.3 Å². The van der Waals surface area contributed by atoms with Gasteiger partial charge in [-0.2, -0.15) is 0 Å². The lowest BCUT2D eigenvalue weighted by Gasteiger charge is -2.17. The maximum Gasteiger partial charge on any atom is 0.330 e. The Bertz CT molecular complexity index is 601. The molecule has 0 spiro atoms. The fourth-order valence-electron chi connectivity index (χ4n) is 1.85. The van der Waals surface area contributed by atoms with Crippen LogP contribution in [0.3, 0.4) is 0 Å². The molecule has 2 rings (SSSR count). The van der Waals surface area contributed by atoms with Gasteiger partial charge < -0.3 is 15.2 Å². The zero-order valence-electron chi connectivity index (χ0n) is 10.8. The molecule has 1 unspecified atom stereocenters. The van der Waals surface area contributed by atoms with Crippen LogP contribution in [0.5, 0.6) is 5.75 Å². The first kappa shape index (κ1) is 14.4. The Morgan fingerprint density at radius 3 is 2.55 bits per heavy atom. The Hall–Kier alpha value is -2.01. The van der Waals surface area contributed by atoms with Gasteiger partial charge in [0.05, 0.1) is 11.6 Å². The molecular weight excluding hydrogens is 322 g/mol. The summed E-state index contributed by atoms with van der Waals surface area (Å²) in [5, 5.41) is 12.4. The average Bonchev–Trinajstić information content (AvgIpc) is 2.47. The second kappa shape index (κ2) is 6.43. The van der Waals surface area contributed by atoms with Crippen molar-refractivity contribution < 1.29 is 14.6 Å². The van der Waals surface area contributed by atoms with E-state index in [2.05, 4.69) is 21.2 Å². The molecule has 0 bridgehead atoms. The highest BCUT2D eigenvalue weighted by Crippen LogP contribution is 2.29. The van der Waals surface area contributed by atoms with Gasteiger partial charge in [0.15, 0.2) is 6.04 Å². The molecule has 0 saturated heterocycles. The Kier molecular flexibility index (Phi) is 4.63. The molecule has 0 fully saturated rings. The van der Waals surface area contributed by atoms with E-state index in [1.165, 1.54) is 0 Å². The van der Waals surface area contributed by atoms with Gasteiger partial charge >= 0.3 is 5.97 Å². The zero-order valence-corrected chi connectivity index (χ0v) is 12.4. The number of anilines is 1. The van der Waals surface area contributed by atoms with Crippen molar-refractivity contribution in [2.45, 2.75) is 6.04 Å². The van der Waals surface area contributed by atoms with Gasteiger partial charge in [-0.15, -0.1) is 0 Å². The number of hydrogen-bond acceptors (Lipinski definition) is 3. The van der Waals surface area contributed by atoms with Crippen LogP contribution >= 0.6 is 15.9 Å². The highest BCUT2D eigenvalue weighted by atomic mass is 79.9. The van der Waals surface area contributed by atoms with Crippen molar-refractivity contribution in [3.63, 3.8) is 0 Å². The Morgan fingerprint density at radius 2 is 1.95 bits per heavy atom. The van der Waals surface area contributed by atoms with Gasteiger partial charge in [-0.3, -0.25) is 0 Å². The minimum Gasteiger partial charge on any atom is -0.495 e. The van der Waals surface area contributed by atoms with E-state index in [0.29, 0.717) is 17.0 Å². The number of carboxylic acids is 1. The average molecular weight is 336 g/mol. The van der Waals surface area contributed by atoms with Crippen molar-refractivity contribution in [1.82, 2.24) is 0 Å². The second-order valence-corrected chi connectivity index (χ2v) is 5.03. The summed E-state index contributed by atoms with van der Waals surface area (Å²) in [5.41, 5.74) is 1.38. The molecule has 104 valence electrons. The van der Waals surface area contributed by atoms with Crippen LogP contribution in [0.25, 0.3) is 0 Å². The lowest BCUT2D eigenvalue weighted by atomic mass is 10.1. The predicted octanol–water partition coefficient (Wildman–Crippen LogP) is 3.70. The molecule has 2 aromatic carbocycles. The van der Waals surface area contributed by atoms with Crippen LogP contribution in [-0.4, -0.2) is 18.2 Å². The Balaban J connectivity index is 2.27. The van der Waals surface area contributed by atoms with E-state index in [0.717, 1.165) is 4.47 Å². The van der Waals surface area contributed by atoms with Gasteiger partial charge in [0.1, 0.15) is 5.75 Å². The number of halogens is 1. The molecule has 0 saturated carbocycles. The van der Waals surface area contributed by atoms with Crippen LogP contribution in [0.4, 0.5) is 5.69 Å². The van der Waals surface area contributed by atoms with Crippen molar-refractivity contribution in [1.29, 1.82) is 0 Å². The number of carbonyl (C=O) groups is 1. The molecule has 2 N–H and O–H groups in total. The number of aliphatic carboxylic acids is 1. The van der Waals surface area contributed by atoms with Crippen molar-refractivity contribution in [2.75, 3.05) is 12.4 Å². The van der Waals surface area contributed by atoms with Crippen LogP contribution in [0.2, 0.25) is 0 Å². The molecule has 0 aliphatic rings. The third kappa shape index (κ3) is 3.30. The van der Waals surface area contributed by atoms with Crippen molar-refractivity contribution in [3.05, 3.63) is 58.6 Å². The Morgan fingerprint density at radius 1 is 1.25 bits per heavy atom. The molecule has 0 heterocycles. The molecule has 0 aliphatic heterocycles. The van der Waals surface area contributed by atoms with Gasteiger partial charge in [-0.05, 0) is 33.6 Å². The minimum atomic E-state index is -0.932. The Labute approximate surface area is 125 Å². The highest BCUT2D eigenvalue weighted by molar-refractivity contribution is 9.10. The van der Waals surface area contributed by atoms with Crippen LogP contribution in [-0.2, 0) is 4.79 Å². The van der Waals surface area contributed by atoms with Gasteiger partial charge in [0.2, 0.25) is 0 Å². The normalized spacial score (nSPS) is 11.7. The third-order valence-electron chi connectivity index (χ3n) is 2.84. The minimum absolute atomic E-state index is 0.646. The summed E-state index contributed by atoms with van der Waals surface area (Å²) in [7, 11) is 1.57. The second-order valence-electron chi connectivity index (χ2n) is 4.18. The number of nitrogens with one attached hydrogen (secondary N) is 1. The maximum absolute atomic E-state index is 11.4. The first-order valence-electron chi connectivity index (χ1n) is 5.99. The van der Waals surface area contributed by atoms with Crippen LogP contribution in [0.1, 0.15) is 11.6 Å². The fraction of sp³-hybridized carbons (Fsp3) is 0.133. The summed E-state index contributed by atoms with van der Waals surface area (Å²) < 4.78 is 6.02. The van der Waals surface area contributed by atoms with E-state index in [9.17, 15) is 9.90 Å². The van der Waals surface area contributed by atoms with Gasteiger partial charge in [-0.1, -0.05) is 30.3 Å². The van der Waals surface area contributed by atoms with E-state index >= 15 is 0 Å². The number of methoxy groups -OCH3 is 1. The van der Waals surface area contributed by atoms with E-state index in [1.54, 1.807) is 31.4 Å². The van der Waals surface area contributed by atoms with Gasteiger partial charge in [-0.25, -0.2) is 4.79 Å². The smallest absolute Gasteiger partial charge is 0.330 e. The van der Waals surface area contributed by atoms with Crippen molar-refractivity contribution in [2.24, 2.45) is 0 Å². The largest absolute Gasteiger partial charge is 0.495 e. The van der Waals surface area contributed by atoms with Crippen molar-refractivity contribution >= 4 is 27.6 Å². The molecule has 4 nitrogen and oxygen atoms in total. The van der Waals surface area contributed by atoms with E-state index < -0.39 is 12.0 Å². The fourth-order valence-corrected chi connectivity index (χ4v) is 2.26. The summed E-state index contributed by atoms with van der Waals surface area (Å²) in [6.45, 7) is 0. The number of carboxylic acid groups (broad SMARTS) is 1. The van der Waals surface area contributed by atoms with Gasteiger partial charge in [0, 0.05) is 11.8 Å². The summed E-state index contributed by atoms with van der Waals surface area (Å²) >= 11 is 3.36. The van der Waals surface area contributed by atoms with Crippen LogP contribution in [0, 0.1) is 0 Å². The topological polar surface area (TPSA) is 58.6 Å². The first-order valence-corrected chi connectivity index (χ1v) is 6.79. The van der Waals surface area contributed by atoms with Crippen molar-refractivity contribution in [3.8, 4) is 5.75 Å². The number of hydrogen-bond donors (Lipinski definition) is 2. The molecule has 0 aliphatic carbocycles. The molecule has 0 aromatic heterocycles. The van der Waals surface area contributed by atoms with E-state index in [-0.39, 0.29) is 0 Å². The molecule has 5 heteroatoms. The third-order valence-corrected chi connectivity index (χ3v) is 3.50. The summed E-state index contributed by atoms with van der Waals surface area (Å²) in [5.74, 6) is -0.287. The van der Waals surface area contributed by atoms with Crippen LogP contribution < -0.4 is 10.1 Å². The molecular formula is C15H14BrNO3. The summed E-state index contributed by atoms with van der Waals surface area (Å²) in [6.07, 6.45) is 0. The molecule has 0 radical (unpaired) electrons. The predicted molar refractivity (Wildman–Crippen MR) is 81.1 cm³/mol. The number of benzene rings is 2. The number of ether oxygens (including phenoxy) is 1. The monoisotopic (exact) mass is 335 g/mol. The SMILES string of the molecule is COc1cc(NC(C(=O)O)c2ccccc2)ccc1Br.